The molecule has 1 N–H and O–H groups in total. The molecule has 2 aliphatic rings. The Morgan fingerprint density at radius 1 is 1.22 bits per heavy atom. The number of nitriles is 1. The molecule has 0 amide bonds. The van der Waals surface area contributed by atoms with Gasteiger partial charge in [-0.05, 0) is 32.5 Å². The minimum atomic E-state index is -0.395. The average molecular weight is 315 g/mol. The third-order valence-corrected chi connectivity index (χ3v) is 5.13. The maximum atomic E-state index is 10.5. The van der Waals surface area contributed by atoms with E-state index >= 15 is 0 Å². The lowest BCUT2D eigenvalue weighted by Gasteiger charge is -2.37. The molecule has 2 saturated heterocycles. The standard InChI is InChI=1S/C17H25N5O/c1-12-8-14(9-18)17(19-13(12)2)22-10-15(16(23)11-22)21-6-4-20(3)5-7-21/h8,15-16,23H,4-7,10-11H2,1-3H3/t15-,16-/m0/s1. The van der Waals surface area contributed by atoms with Gasteiger partial charge in [0.15, 0.2) is 0 Å². The Kier molecular flexibility index (Phi) is 4.53. The first-order valence-corrected chi connectivity index (χ1v) is 8.23. The minimum absolute atomic E-state index is 0.124. The van der Waals surface area contributed by atoms with Gasteiger partial charge in [0, 0.05) is 45.0 Å². The molecule has 2 aliphatic heterocycles. The van der Waals surface area contributed by atoms with Gasteiger partial charge in [-0.15, -0.1) is 0 Å². The maximum absolute atomic E-state index is 10.5. The Balaban J connectivity index is 1.79. The molecule has 3 rings (SSSR count). The summed E-state index contributed by atoms with van der Waals surface area (Å²) in [6, 6.07) is 4.27. The number of hydrogen-bond donors (Lipinski definition) is 1. The number of likely N-dealkylation sites (N-methyl/N-ethyl adjacent to an activating group) is 1. The van der Waals surface area contributed by atoms with Crippen LogP contribution in [0.15, 0.2) is 6.07 Å². The molecule has 0 saturated carbocycles. The molecule has 6 nitrogen and oxygen atoms in total. The molecule has 0 spiro atoms. The second-order valence-electron chi connectivity index (χ2n) is 6.75. The van der Waals surface area contributed by atoms with Crippen molar-refractivity contribution in [3.8, 4) is 6.07 Å². The highest BCUT2D eigenvalue weighted by Gasteiger charge is 2.37. The van der Waals surface area contributed by atoms with E-state index in [9.17, 15) is 10.4 Å². The van der Waals surface area contributed by atoms with E-state index in [1.54, 1.807) is 0 Å². The Bertz CT molecular complexity index is 618. The number of nitrogens with zero attached hydrogens (tertiary/aromatic N) is 5. The van der Waals surface area contributed by atoms with Crippen LogP contribution in [0.25, 0.3) is 0 Å². The smallest absolute Gasteiger partial charge is 0.146 e. The van der Waals surface area contributed by atoms with E-state index in [2.05, 4.69) is 32.8 Å². The van der Waals surface area contributed by atoms with E-state index < -0.39 is 6.10 Å². The summed E-state index contributed by atoms with van der Waals surface area (Å²) in [6.07, 6.45) is -0.395. The summed E-state index contributed by atoms with van der Waals surface area (Å²) < 4.78 is 0. The number of pyridine rings is 1. The van der Waals surface area contributed by atoms with Crippen molar-refractivity contribution >= 4 is 5.82 Å². The molecule has 2 atom stereocenters. The molecule has 0 radical (unpaired) electrons. The van der Waals surface area contributed by atoms with Crippen molar-refractivity contribution in [1.82, 2.24) is 14.8 Å². The fourth-order valence-electron chi connectivity index (χ4n) is 3.47. The van der Waals surface area contributed by atoms with Gasteiger partial charge in [-0.3, -0.25) is 4.90 Å². The van der Waals surface area contributed by atoms with E-state index in [0.717, 1.165) is 44.0 Å². The molecule has 6 heteroatoms. The highest BCUT2D eigenvalue weighted by molar-refractivity contribution is 5.57. The third kappa shape index (κ3) is 3.18. The van der Waals surface area contributed by atoms with E-state index in [4.69, 9.17) is 0 Å². The van der Waals surface area contributed by atoms with Crippen molar-refractivity contribution in [1.29, 1.82) is 5.26 Å². The molecule has 0 unspecified atom stereocenters. The van der Waals surface area contributed by atoms with Crippen LogP contribution in [0.2, 0.25) is 0 Å². The van der Waals surface area contributed by atoms with Gasteiger partial charge in [0.05, 0.1) is 17.7 Å². The monoisotopic (exact) mass is 315 g/mol. The average Bonchev–Trinajstić information content (AvgIpc) is 2.92. The topological polar surface area (TPSA) is 66.6 Å². The van der Waals surface area contributed by atoms with Gasteiger partial charge in [-0.1, -0.05) is 0 Å². The largest absolute Gasteiger partial charge is 0.390 e. The first-order valence-electron chi connectivity index (χ1n) is 8.23. The lowest BCUT2D eigenvalue weighted by atomic mass is 10.1. The second-order valence-corrected chi connectivity index (χ2v) is 6.75. The summed E-state index contributed by atoms with van der Waals surface area (Å²) in [5, 5.41) is 19.9. The Morgan fingerprint density at radius 2 is 1.91 bits per heavy atom. The van der Waals surface area contributed by atoms with Crippen molar-refractivity contribution < 1.29 is 5.11 Å². The van der Waals surface area contributed by atoms with E-state index in [0.29, 0.717) is 17.9 Å². The molecule has 1 aromatic heterocycles. The molecule has 1 aromatic rings. The lowest BCUT2D eigenvalue weighted by molar-refractivity contribution is 0.0512. The van der Waals surface area contributed by atoms with Crippen LogP contribution in [-0.2, 0) is 0 Å². The Labute approximate surface area is 137 Å². The molecule has 124 valence electrons. The SMILES string of the molecule is Cc1cc(C#N)c(N2C[C@H](O)[C@@H](N3CCN(C)CC3)C2)nc1C. The molecule has 0 bridgehead atoms. The number of aliphatic hydroxyl groups is 1. The zero-order valence-corrected chi connectivity index (χ0v) is 14.2. The van der Waals surface area contributed by atoms with Crippen molar-refractivity contribution in [2.75, 3.05) is 51.2 Å². The second kappa shape index (κ2) is 6.44. The van der Waals surface area contributed by atoms with Crippen LogP contribution in [0.1, 0.15) is 16.8 Å². The maximum Gasteiger partial charge on any atom is 0.146 e. The predicted octanol–water partition coefficient (Wildman–Crippen LogP) is 0.367. The predicted molar refractivity (Wildman–Crippen MR) is 89.5 cm³/mol. The summed E-state index contributed by atoms with van der Waals surface area (Å²) in [6.45, 7) is 9.25. The molecule has 0 aliphatic carbocycles. The highest BCUT2D eigenvalue weighted by atomic mass is 16.3. The van der Waals surface area contributed by atoms with Gasteiger partial charge >= 0.3 is 0 Å². The van der Waals surface area contributed by atoms with Gasteiger partial charge < -0.3 is 14.9 Å². The van der Waals surface area contributed by atoms with Crippen LogP contribution in [0.5, 0.6) is 0 Å². The zero-order valence-electron chi connectivity index (χ0n) is 14.2. The molecule has 2 fully saturated rings. The van der Waals surface area contributed by atoms with Gasteiger partial charge in [-0.2, -0.15) is 5.26 Å². The first-order chi connectivity index (χ1) is 11.0. The summed E-state index contributed by atoms with van der Waals surface area (Å²) in [5.74, 6) is 0.714. The minimum Gasteiger partial charge on any atom is -0.390 e. The summed E-state index contributed by atoms with van der Waals surface area (Å²) in [5.41, 5.74) is 2.57. The van der Waals surface area contributed by atoms with E-state index in [1.165, 1.54) is 0 Å². The van der Waals surface area contributed by atoms with Crippen LogP contribution >= 0.6 is 0 Å². The summed E-state index contributed by atoms with van der Waals surface area (Å²) >= 11 is 0. The van der Waals surface area contributed by atoms with Crippen LogP contribution < -0.4 is 4.90 Å². The third-order valence-electron chi connectivity index (χ3n) is 5.13. The fraction of sp³-hybridized carbons (Fsp3) is 0.647. The number of anilines is 1. The normalized spacial score (nSPS) is 26.5. The van der Waals surface area contributed by atoms with Gasteiger partial charge in [-0.25, -0.2) is 4.98 Å². The van der Waals surface area contributed by atoms with Crippen molar-refractivity contribution in [2.45, 2.75) is 26.0 Å². The number of aliphatic hydroxyl groups excluding tert-OH is 1. The molecular weight excluding hydrogens is 290 g/mol. The molecule has 0 aromatic carbocycles. The number of β-amino-alcohol motifs (C(OH)–C–C–N with tert-alkyl or cyclic N) is 1. The number of rotatable bonds is 2. The quantitative estimate of drug-likeness (QED) is 0.850. The van der Waals surface area contributed by atoms with Crippen molar-refractivity contribution in [3.05, 3.63) is 22.9 Å². The Morgan fingerprint density at radius 3 is 2.57 bits per heavy atom. The van der Waals surface area contributed by atoms with Crippen LogP contribution in [0, 0.1) is 25.2 Å². The van der Waals surface area contributed by atoms with Crippen LogP contribution in [0.4, 0.5) is 5.82 Å². The van der Waals surface area contributed by atoms with Gasteiger partial charge in [0.25, 0.3) is 0 Å². The summed E-state index contributed by atoms with van der Waals surface area (Å²) in [4.78, 5) is 11.4. The van der Waals surface area contributed by atoms with Crippen molar-refractivity contribution in [2.24, 2.45) is 0 Å². The molecule has 23 heavy (non-hydrogen) atoms. The van der Waals surface area contributed by atoms with Crippen LogP contribution in [-0.4, -0.2) is 78.4 Å². The molecular formula is C17H25N5O. The van der Waals surface area contributed by atoms with E-state index in [-0.39, 0.29) is 6.04 Å². The zero-order chi connectivity index (χ0) is 16.6. The molecule has 3 heterocycles. The van der Waals surface area contributed by atoms with Crippen molar-refractivity contribution in [3.63, 3.8) is 0 Å². The number of hydrogen-bond acceptors (Lipinski definition) is 6. The number of aryl methyl sites for hydroxylation is 2. The van der Waals surface area contributed by atoms with Gasteiger partial charge in [0.2, 0.25) is 0 Å². The van der Waals surface area contributed by atoms with E-state index in [1.807, 2.05) is 19.9 Å². The fourth-order valence-corrected chi connectivity index (χ4v) is 3.47. The number of aromatic nitrogens is 1. The lowest BCUT2D eigenvalue weighted by Crippen LogP contribution is -2.52. The first kappa shape index (κ1) is 16.2. The van der Waals surface area contributed by atoms with Crippen LogP contribution in [0.3, 0.4) is 0 Å². The summed E-state index contributed by atoms with van der Waals surface area (Å²) in [7, 11) is 2.13. The van der Waals surface area contributed by atoms with Gasteiger partial charge in [0.1, 0.15) is 11.9 Å². The number of piperazine rings is 1. The Hall–Kier alpha value is -1.68. The highest BCUT2D eigenvalue weighted by Crippen LogP contribution is 2.26.